The average molecular weight is 1080 g/mol. The Morgan fingerprint density at radius 2 is 0.773 bits per heavy atom. The van der Waals surface area contributed by atoms with Gasteiger partial charge in [-0.2, -0.15) is 0 Å². The first kappa shape index (κ1) is 71.6. The third kappa shape index (κ3) is 41.5. The molecule has 10 N–H and O–H groups in total. The minimum atomic E-state index is -0.995. The van der Waals surface area contributed by atoms with E-state index in [0.717, 1.165) is 46.0 Å². The van der Waals surface area contributed by atoms with Gasteiger partial charge in [-0.05, 0) is 24.8 Å². The van der Waals surface area contributed by atoms with Crippen molar-refractivity contribution in [1.29, 1.82) is 0 Å². The van der Waals surface area contributed by atoms with Crippen LogP contribution in [-0.4, -0.2) is 321 Å². The Morgan fingerprint density at radius 1 is 0.440 bits per heavy atom. The van der Waals surface area contributed by atoms with Crippen LogP contribution in [0, 0.1) is 11.8 Å². The molecule has 0 aromatic rings. The van der Waals surface area contributed by atoms with Crippen LogP contribution in [0.25, 0.3) is 0 Å². The zero-order chi connectivity index (χ0) is 57.0. The highest BCUT2D eigenvalue weighted by molar-refractivity contribution is 5.78. The highest BCUT2D eigenvalue weighted by Crippen LogP contribution is 2.08. The van der Waals surface area contributed by atoms with Gasteiger partial charge < -0.3 is 61.6 Å². The molecular weight excluding hydrogens is 989 g/mol. The molecule has 1 unspecified atom stereocenters. The van der Waals surface area contributed by atoms with E-state index in [-0.39, 0.29) is 63.4 Å². The monoisotopic (exact) mass is 1080 g/mol. The highest BCUT2D eigenvalue weighted by atomic mass is 16.4. The number of aliphatic hydroxyl groups is 1. The zero-order valence-corrected chi connectivity index (χ0v) is 44.9. The minimum absolute atomic E-state index is 0.0459. The van der Waals surface area contributed by atoms with E-state index in [2.05, 4.69) is 33.1 Å². The lowest BCUT2D eigenvalue weighted by atomic mass is 9.96. The SMILES string of the molecule is CC(C)C(CNC=O)CNC(=O)CCNC=O.CCCNC(=O)CN1CCN(CC(=O)O)CCN(CC(=O)O)CCN(CC(=O)O)CC1.CCN1CCN(CC=O)CCN(CC(=O)O)CCN(CC(=O)O)CC1.CO. The molecule has 2 fully saturated rings. The van der Waals surface area contributed by atoms with Gasteiger partial charge in [0.1, 0.15) is 6.29 Å². The fraction of sp³-hybridized carbons (Fsp3) is 0.787. The van der Waals surface area contributed by atoms with Crippen LogP contribution >= 0.6 is 0 Å². The van der Waals surface area contributed by atoms with Crippen LogP contribution < -0.4 is 21.3 Å². The number of hydrogen-bond acceptors (Lipinski definition) is 19. The van der Waals surface area contributed by atoms with Crippen molar-refractivity contribution in [2.45, 2.75) is 40.5 Å². The second kappa shape index (κ2) is 45.9. The molecule has 75 heavy (non-hydrogen) atoms. The van der Waals surface area contributed by atoms with Gasteiger partial charge in [0.05, 0.1) is 45.8 Å². The molecule has 0 radical (unpaired) electrons. The van der Waals surface area contributed by atoms with Gasteiger partial charge in [-0.1, -0.05) is 27.7 Å². The van der Waals surface area contributed by atoms with Crippen LogP contribution in [0.15, 0.2) is 0 Å². The van der Waals surface area contributed by atoms with Crippen molar-refractivity contribution in [2.24, 2.45) is 11.8 Å². The van der Waals surface area contributed by atoms with Gasteiger partial charge in [-0.15, -0.1) is 0 Å². The third-order valence-electron chi connectivity index (χ3n) is 11.9. The molecule has 0 aromatic carbocycles. The number of carboxylic acids is 5. The Kier molecular flexibility index (Phi) is 43.8. The van der Waals surface area contributed by atoms with Crippen molar-refractivity contribution in [3.63, 3.8) is 0 Å². The van der Waals surface area contributed by atoms with Crippen molar-refractivity contribution in [3.05, 3.63) is 0 Å². The van der Waals surface area contributed by atoms with Crippen molar-refractivity contribution in [1.82, 2.24) is 60.5 Å². The predicted octanol–water partition coefficient (Wildman–Crippen LogP) is -4.55. The van der Waals surface area contributed by atoms with E-state index in [0.29, 0.717) is 137 Å². The largest absolute Gasteiger partial charge is 0.480 e. The van der Waals surface area contributed by atoms with E-state index in [4.69, 9.17) is 20.4 Å². The summed E-state index contributed by atoms with van der Waals surface area (Å²) in [4.78, 5) is 125. The Bertz CT molecular complexity index is 1610. The summed E-state index contributed by atoms with van der Waals surface area (Å²) in [6.07, 6.45) is 3.18. The molecular formula is C47H90N12O16. The maximum absolute atomic E-state index is 12.2. The fourth-order valence-electron chi connectivity index (χ4n) is 7.51. The molecule has 2 rings (SSSR count). The predicted molar refractivity (Wildman–Crippen MR) is 277 cm³/mol. The number of rotatable bonds is 27. The number of amides is 4. The fourth-order valence-corrected chi connectivity index (χ4v) is 7.51. The molecule has 2 aliphatic rings. The molecule has 28 nitrogen and oxygen atoms in total. The lowest BCUT2D eigenvalue weighted by Gasteiger charge is -2.32. The van der Waals surface area contributed by atoms with E-state index in [1.165, 1.54) is 0 Å². The quantitative estimate of drug-likeness (QED) is 0.0274. The first-order chi connectivity index (χ1) is 35.7. The van der Waals surface area contributed by atoms with Gasteiger partial charge in [0.15, 0.2) is 0 Å². The second-order valence-electron chi connectivity index (χ2n) is 18.0. The molecule has 0 bridgehead atoms. The molecule has 4 amide bonds. The molecule has 2 aliphatic heterocycles. The molecule has 0 spiro atoms. The maximum atomic E-state index is 12.2. The number of aldehydes is 1. The molecule has 0 saturated carbocycles. The standard InChI is InChI=1S/C19H35N5O7.C16H30N4O5.C11H21N3O3.CH4O/c1-2-3-20-16(25)12-21-4-6-22(13-17(26)27)8-10-24(15-19(30)31)11-9-23(7-5-21)14-18(28)29;1-2-17-3-5-18(11-12-21)6-8-20(14-16(24)25)10-9-19(7-4-17)13-15(22)23;1-9(2)10(5-13-8-16)6-14-11(17)3-4-12-7-15;1-2/h2-15H2,1H3,(H,20,25)(H,26,27)(H,28,29)(H,30,31);12H,2-11,13-14H2,1H3,(H,22,23)(H,24,25);7-10H,3-6H2,1-2H3,(H,12,15)(H,13,16)(H,14,17);2H,1H3. The molecule has 0 aromatic heterocycles. The van der Waals surface area contributed by atoms with Crippen molar-refractivity contribution in [2.75, 3.05) is 190 Å². The van der Waals surface area contributed by atoms with Gasteiger partial charge in [-0.3, -0.25) is 77.5 Å². The molecule has 2 heterocycles. The summed E-state index contributed by atoms with van der Waals surface area (Å²) in [6, 6.07) is 0. The highest BCUT2D eigenvalue weighted by Gasteiger charge is 2.22. The second-order valence-corrected chi connectivity index (χ2v) is 18.0. The summed E-state index contributed by atoms with van der Waals surface area (Å²) < 4.78 is 0. The van der Waals surface area contributed by atoms with E-state index < -0.39 is 29.8 Å². The molecule has 1 atom stereocenters. The van der Waals surface area contributed by atoms with E-state index in [1.54, 1.807) is 19.6 Å². The number of hydrogen-bond donors (Lipinski definition) is 10. The molecule has 434 valence electrons. The van der Waals surface area contributed by atoms with Crippen LogP contribution in [-0.2, 0) is 47.9 Å². The Labute approximate surface area is 441 Å². The van der Waals surface area contributed by atoms with E-state index in [9.17, 15) is 58.2 Å². The number of carbonyl (C=O) groups is 10. The Hall–Kier alpha value is -5.46. The number of carboxylic acid groups (broad SMARTS) is 5. The Balaban J connectivity index is 0. The third-order valence-corrected chi connectivity index (χ3v) is 11.9. The van der Waals surface area contributed by atoms with Crippen LogP contribution in [0.3, 0.4) is 0 Å². The smallest absolute Gasteiger partial charge is 0.317 e. The number of aliphatic carboxylic acids is 5. The first-order valence-corrected chi connectivity index (χ1v) is 25.4. The van der Waals surface area contributed by atoms with Crippen molar-refractivity contribution < 1.29 is 78.6 Å². The summed E-state index contributed by atoms with van der Waals surface area (Å²) in [5, 5.41) is 63.4. The minimum Gasteiger partial charge on any atom is -0.480 e. The van der Waals surface area contributed by atoms with Gasteiger partial charge >= 0.3 is 29.8 Å². The van der Waals surface area contributed by atoms with E-state index in [1.807, 2.05) is 35.5 Å². The molecule has 28 heteroatoms. The number of likely N-dealkylation sites (N-methyl/N-ethyl adjacent to an activating group) is 1. The number of aliphatic hydroxyl groups excluding tert-OH is 1. The topological polar surface area (TPSA) is 366 Å². The summed E-state index contributed by atoms with van der Waals surface area (Å²) in [5.41, 5.74) is 0. The first-order valence-electron chi connectivity index (χ1n) is 25.4. The van der Waals surface area contributed by atoms with Crippen LogP contribution in [0.4, 0.5) is 0 Å². The van der Waals surface area contributed by atoms with Crippen LogP contribution in [0.5, 0.6) is 0 Å². The molecule has 0 aliphatic carbocycles. The van der Waals surface area contributed by atoms with Crippen molar-refractivity contribution >= 4 is 60.8 Å². The van der Waals surface area contributed by atoms with Gasteiger partial charge in [0.2, 0.25) is 24.6 Å². The number of nitrogens with zero attached hydrogens (tertiary/aromatic N) is 8. The lowest BCUT2D eigenvalue weighted by molar-refractivity contribution is -0.140. The summed E-state index contributed by atoms with van der Waals surface area (Å²) in [6.45, 7) is 18.8. The summed E-state index contributed by atoms with van der Waals surface area (Å²) in [7, 11) is 1.00. The van der Waals surface area contributed by atoms with Gasteiger partial charge in [0.25, 0.3) is 0 Å². The average Bonchev–Trinajstić information content (AvgIpc) is 3.34. The van der Waals surface area contributed by atoms with Gasteiger partial charge in [0, 0.05) is 144 Å². The lowest BCUT2D eigenvalue weighted by Crippen LogP contribution is -2.49. The van der Waals surface area contributed by atoms with Crippen LogP contribution in [0.2, 0.25) is 0 Å². The van der Waals surface area contributed by atoms with Gasteiger partial charge in [-0.25, -0.2) is 0 Å². The maximum Gasteiger partial charge on any atom is 0.317 e. The van der Waals surface area contributed by atoms with Crippen molar-refractivity contribution in [3.8, 4) is 0 Å². The summed E-state index contributed by atoms with van der Waals surface area (Å²) in [5.74, 6) is -4.38. The normalized spacial score (nSPS) is 17.3. The Morgan fingerprint density at radius 3 is 1.07 bits per heavy atom. The summed E-state index contributed by atoms with van der Waals surface area (Å²) >= 11 is 0. The molecule has 2 saturated heterocycles. The van der Waals surface area contributed by atoms with E-state index >= 15 is 0 Å². The number of nitrogens with one attached hydrogen (secondary N) is 4. The number of carbonyl (C=O) groups excluding carboxylic acids is 5. The van der Waals surface area contributed by atoms with Crippen LogP contribution in [0.1, 0.15) is 40.5 Å². The zero-order valence-electron chi connectivity index (χ0n) is 44.9.